The van der Waals surface area contributed by atoms with Crippen molar-refractivity contribution in [2.75, 3.05) is 31.6 Å². The van der Waals surface area contributed by atoms with E-state index in [0.717, 1.165) is 29.8 Å². The van der Waals surface area contributed by atoms with E-state index in [2.05, 4.69) is 29.0 Å². The van der Waals surface area contributed by atoms with E-state index in [1.165, 1.54) is 25.7 Å². The SMILES string of the molecule is C=CCN(CC1OC(c2cccc(NC(=O)NCC(=O)OCC)c2)OC(c2ccc(CO)cc2)C1C)C1CCCC1. The van der Waals surface area contributed by atoms with Crippen LogP contribution in [-0.2, 0) is 25.6 Å². The number of carbonyl (C=O) groups is 2. The molecule has 222 valence electrons. The molecule has 1 aliphatic carbocycles. The summed E-state index contributed by atoms with van der Waals surface area (Å²) in [6.45, 7) is 9.47. The van der Waals surface area contributed by atoms with Crippen LogP contribution in [0.5, 0.6) is 0 Å². The molecule has 2 aromatic rings. The standard InChI is InChI=1S/C32H43N3O6/c1-4-17-35(27-11-6-7-12-27)20-28-22(3)30(24-15-13-23(21-36)14-16-24)41-31(40-28)25-9-8-10-26(18-25)34-32(38)33-19-29(37)39-5-2/h4,8-10,13-16,18,22,27-28,30-31,36H,1,5-7,11-12,17,19-21H2,2-3H3,(H2,33,34,38). The summed E-state index contributed by atoms with van der Waals surface area (Å²) in [5.74, 6) is -0.434. The minimum Gasteiger partial charge on any atom is -0.465 e. The minimum atomic E-state index is -0.655. The van der Waals surface area contributed by atoms with Crippen LogP contribution >= 0.6 is 0 Å². The lowest BCUT2D eigenvalue weighted by molar-refractivity contribution is -0.276. The van der Waals surface area contributed by atoms with Crippen molar-refractivity contribution in [1.29, 1.82) is 0 Å². The van der Waals surface area contributed by atoms with Crippen LogP contribution < -0.4 is 10.6 Å². The monoisotopic (exact) mass is 565 g/mol. The lowest BCUT2D eigenvalue weighted by atomic mass is 9.89. The van der Waals surface area contributed by atoms with Crippen LogP contribution in [0.2, 0.25) is 0 Å². The number of esters is 1. The predicted molar refractivity (Wildman–Crippen MR) is 157 cm³/mol. The number of aliphatic hydroxyl groups excluding tert-OH is 1. The van der Waals surface area contributed by atoms with Crippen molar-refractivity contribution in [3.8, 4) is 0 Å². The molecule has 0 aromatic heterocycles. The smallest absolute Gasteiger partial charge is 0.325 e. The van der Waals surface area contributed by atoms with E-state index in [-0.39, 0.29) is 37.9 Å². The van der Waals surface area contributed by atoms with E-state index in [1.54, 1.807) is 13.0 Å². The normalized spacial score (nSPS) is 22.8. The van der Waals surface area contributed by atoms with E-state index < -0.39 is 18.3 Å². The number of hydrogen-bond donors (Lipinski definition) is 3. The van der Waals surface area contributed by atoms with Gasteiger partial charge in [0.25, 0.3) is 0 Å². The number of urea groups is 1. The number of ether oxygens (including phenoxy) is 3. The zero-order valence-electron chi connectivity index (χ0n) is 24.1. The van der Waals surface area contributed by atoms with Gasteiger partial charge in [-0.25, -0.2) is 4.79 Å². The van der Waals surface area contributed by atoms with Gasteiger partial charge in [0.05, 0.1) is 25.4 Å². The van der Waals surface area contributed by atoms with E-state index >= 15 is 0 Å². The Morgan fingerprint density at radius 2 is 1.88 bits per heavy atom. The summed E-state index contributed by atoms with van der Waals surface area (Å²) in [4.78, 5) is 26.4. The van der Waals surface area contributed by atoms with Gasteiger partial charge < -0.3 is 30.0 Å². The highest BCUT2D eigenvalue weighted by Gasteiger charge is 2.40. The number of nitrogens with one attached hydrogen (secondary N) is 2. The van der Waals surface area contributed by atoms with Crippen LogP contribution in [0, 0.1) is 5.92 Å². The minimum absolute atomic E-state index is 0.0131. The van der Waals surface area contributed by atoms with Crippen LogP contribution in [0.25, 0.3) is 0 Å². The molecule has 4 rings (SSSR count). The Morgan fingerprint density at radius 3 is 2.56 bits per heavy atom. The summed E-state index contributed by atoms with van der Waals surface area (Å²) in [5.41, 5.74) is 3.20. The topological polar surface area (TPSA) is 109 Å². The molecule has 2 aromatic carbocycles. The zero-order chi connectivity index (χ0) is 29.2. The molecule has 0 bridgehead atoms. The number of rotatable bonds is 12. The summed E-state index contributed by atoms with van der Waals surface area (Å²) in [6, 6.07) is 15.2. The third-order valence-electron chi connectivity index (χ3n) is 7.86. The molecule has 3 N–H and O–H groups in total. The molecule has 9 heteroatoms. The Balaban J connectivity index is 1.54. The van der Waals surface area contributed by atoms with Crippen LogP contribution in [0.4, 0.5) is 10.5 Å². The molecule has 1 saturated heterocycles. The molecule has 9 nitrogen and oxygen atoms in total. The number of anilines is 1. The Bertz CT molecular complexity index is 1150. The van der Waals surface area contributed by atoms with Gasteiger partial charge >= 0.3 is 12.0 Å². The van der Waals surface area contributed by atoms with Crippen molar-refractivity contribution in [3.63, 3.8) is 0 Å². The Labute approximate surface area is 242 Å². The third-order valence-corrected chi connectivity index (χ3v) is 7.86. The van der Waals surface area contributed by atoms with Crippen LogP contribution in [0.15, 0.2) is 61.2 Å². The van der Waals surface area contributed by atoms with Gasteiger partial charge in [0, 0.05) is 36.3 Å². The maximum atomic E-state index is 12.4. The predicted octanol–water partition coefficient (Wildman–Crippen LogP) is 5.09. The maximum Gasteiger partial charge on any atom is 0.325 e. The number of nitrogens with zero attached hydrogens (tertiary/aromatic N) is 1. The second kappa shape index (κ2) is 15.1. The number of hydrogen-bond acceptors (Lipinski definition) is 7. The van der Waals surface area contributed by atoms with Crippen LogP contribution in [0.3, 0.4) is 0 Å². The van der Waals surface area contributed by atoms with Crippen molar-refractivity contribution in [1.82, 2.24) is 10.2 Å². The highest BCUT2D eigenvalue weighted by Crippen LogP contribution is 2.42. The highest BCUT2D eigenvalue weighted by atomic mass is 16.7. The first-order chi connectivity index (χ1) is 19.9. The van der Waals surface area contributed by atoms with Gasteiger partial charge in [-0.3, -0.25) is 9.69 Å². The second-order valence-corrected chi connectivity index (χ2v) is 10.7. The molecule has 2 amide bonds. The van der Waals surface area contributed by atoms with Crippen molar-refractivity contribution in [3.05, 3.63) is 77.9 Å². The Hall–Kier alpha value is -3.24. The fourth-order valence-corrected chi connectivity index (χ4v) is 5.67. The fraction of sp³-hybridized carbons (Fsp3) is 0.500. The molecule has 4 unspecified atom stereocenters. The molecule has 1 aliphatic heterocycles. The van der Waals surface area contributed by atoms with Gasteiger partial charge in [-0.2, -0.15) is 0 Å². The van der Waals surface area contributed by atoms with Gasteiger partial charge in [0.15, 0.2) is 6.29 Å². The molecular weight excluding hydrogens is 522 g/mol. The van der Waals surface area contributed by atoms with E-state index in [0.29, 0.717) is 11.7 Å². The molecule has 0 radical (unpaired) electrons. The van der Waals surface area contributed by atoms with Crippen molar-refractivity contribution in [2.45, 2.75) is 70.7 Å². The summed E-state index contributed by atoms with van der Waals surface area (Å²) < 4.78 is 18.1. The van der Waals surface area contributed by atoms with Gasteiger partial charge in [-0.1, -0.05) is 62.2 Å². The van der Waals surface area contributed by atoms with E-state index in [4.69, 9.17) is 14.2 Å². The van der Waals surface area contributed by atoms with Gasteiger partial charge in [-0.15, -0.1) is 6.58 Å². The van der Waals surface area contributed by atoms with Gasteiger partial charge in [-0.05, 0) is 43.0 Å². The quantitative estimate of drug-likeness (QED) is 0.243. The van der Waals surface area contributed by atoms with E-state index in [1.807, 2.05) is 48.5 Å². The molecular formula is C32H43N3O6. The number of amides is 2. The number of benzene rings is 2. The van der Waals surface area contributed by atoms with Crippen LogP contribution in [0.1, 0.15) is 68.6 Å². The second-order valence-electron chi connectivity index (χ2n) is 10.7. The van der Waals surface area contributed by atoms with Crippen molar-refractivity contribution >= 4 is 17.7 Å². The molecule has 1 saturated carbocycles. The molecule has 2 fully saturated rings. The van der Waals surface area contributed by atoms with E-state index in [9.17, 15) is 14.7 Å². The summed E-state index contributed by atoms with van der Waals surface area (Å²) in [5, 5.41) is 14.8. The summed E-state index contributed by atoms with van der Waals surface area (Å²) in [6.07, 6.45) is 5.84. The largest absolute Gasteiger partial charge is 0.465 e. The lowest BCUT2D eigenvalue weighted by Crippen LogP contribution is -2.47. The first kappa shape index (κ1) is 30.7. The fourth-order valence-electron chi connectivity index (χ4n) is 5.67. The summed E-state index contributed by atoms with van der Waals surface area (Å²) >= 11 is 0. The molecule has 2 aliphatic rings. The molecule has 4 atom stereocenters. The van der Waals surface area contributed by atoms with Gasteiger partial charge in [0.1, 0.15) is 6.54 Å². The van der Waals surface area contributed by atoms with Crippen molar-refractivity contribution in [2.24, 2.45) is 5.92 Å². The Morgan fingerprint density at radius 1 is 1.12 bits per heavy atom. The first-order valence-corrected chi connectivity index (χ1v) is 14.6. The first-order valence-electron chi connectivity index (χ1n) is 14.6. The number of carbonyl (C=O) groups excluding carboxylic acids is 2. The zero-order valence-corrected chi connectivity index (χ0v) is 24.1. The van der Waals surface area contributed by atoms with Crippen LogP contribution in [-0.4, -0.2) is 60.4 Å². The molecule has 0 spiro atoms. The lowest BCUT2D eigenvalue weighted by Gasteiger charge is -2.43. The number of aliphatic hydroxyl groups is 1. The van der Waals surface area contributed by atoms with Gasteiger partial charge in [0.2, 0.25) is 0 Å². The molecule has 41 heavy (non-hydrogen) atoms. The van der Waals surface area contributed by atoms with Crippen molar-refractivity contribution < 1.29 is 28.9 Å². The third kappa shape index (κ3) is 8.39. The Kier molecular flexibility index (Phi) is 11.3. The average Bonchev–Trinajstić information content (AvgIpc) is 3.52. The maximum absolute atomic E-state index is 12.4. The highest BCUT2D eigenvalue weighted by molar-refractivity contribution is 5.91. The molecule has 1 heterocycles. The summed E-state index contributed by atoms with van der Waals surface area (Å²) in [7, 11) is 0. The average molecular weight is 566 g/mol.